The van der Waals surface area contributed by atoms with Gasteiger partial charge in [0.1, 0.15) is 5.60 Å². The van der Waals surface area contributed by atoms with Gasteiger partial charge >= 0.3 is 5.97 Å². The molecule has 0 aromatic heterocycles. The van der Waals surface area contributed by atoms with E-state index in [0.717, 1.165) is 25.7 Å². The second kappa shape index (κ2) is 5.59. The molecule has 0 radical (unpaired) electrons. The van der Waals surface area contributed by atoms with Crippen LogP contribution in [0.2, 0.25) is 0 Å². The lowest BCUT2D eigenvalue weighted by molar-refractivity contribution is -0.185. The molecule has 0 amide bonds. The fourth-order valence-corrected chi connectivity index (χ4v) is 4.90. The van der Waals surface area contributed by atoms with Crippen molar-refractivity contribution in [3.05, 3.63) is 0 Å². The normalized spacial score (nSPS) is 38.5. The Morgan fingerprint density at radius 2 is 1.95 bits per heavy atom. The van der Waals surface area contributed by atoms with Crippen LogP contribution >= 0.6 is 0 Å². The number of hydrogen-bond donors (Lipinski definition) is 0. The summed E-state index contributed by atoms with van der Waals surface area (Å²) in [6.07, 6.45) is 7.84. The van der Waals surface area contributed by atoms with Crippen LogP contribution in [0.1, 0.15) is 86.5 Å². The zero-order chi connectivity index (χ0) is 15.9. The molecule has 0 aliphatic heterocycles. The molecule has 2 aliphatic rings. The quantitative estimate of drug-likeness (QED) is 0.617. The summed E-state index contributed by atoms with van der Waals surface area (Å²) in [5.74, 6) is 0.761. The number of carbonyl (C=O) groups is 1. The van der Waals surface area contributed by atoms with Crippen molar-refractivity contribution >= 4 is 5.97 Å². The minimum absolute atomic E-state index is 0.0225. The number of fused-ring (bicyclic) bond motifs is 2. The molecule has 2 aliphatic carbocycles. The van der Waals surface area contributed by atoms with Gasteiger partial charge in [0.2, 0.25) is 0 Å². The van der Waals surface area contributed by atoms with Gasteiger partial charge in [-0.15, -0.1) is 0 Å². The van der Waals surface area contributed by atoms with Gasteiger partial charge in [-0.25, -0.2) is 0 Å². The Morgan fingerprint density at radius 3 is 2.38 bits per heavy atom. The van der Waals surface area contributed by atoms with Crippen LogP contribution in [0.3, 0.4) is 0 Å². The Hall–Kier alpha value is -0.530. The van der Waals surface area contributed by atoms with E-state index in [1.165, 1.54) is 19.3 Å². The topological polar surface area (TPSA) is 26.3 Å². The molecule has 0 N–H and O–H groups in total. The van der Waals surface area contributed by atoms with E-state index in [4.69, 9.17) is 4.74 Å². The predicted octanol–water partition coefficient (Wildman–Crippen LogP) is 5.35. The maximum Gasteiger partial charge on any atom is 0.309 e. The minimum Gasteiger partial charge on any atom is -0.458 e. The molecule has 4 atom stereocenters. The van der Waals surface area contributed by atoms with Crippen molar-refractivity contribution in [3.63, 3.8) is 0 Å². The van der Waals surface area contributed by atoms with E-state index in [9.17, 15) is 4.79 Å². The van der Waals surface area contributed by atoms with E-state index in [1.807, 2.05) is 6.92 Å². The lowest BCUT2D eigenvalue weighted by Crippen LogP contribution is -2.51. The molecular weight excluding hydrogens is 260 g/mol. The van der Waals surface area contributed by atoms with Crippen molar-refractivity contribution in [2.24, 2.45) is 22.7 Å². The van der Waals surface area contributed by atoms with Gasteiger partial charge in [0, 0.05) is 5.41 Å². The van der Waals surface area contributed by atoms with Gasteiger partial charge in [-0.1, -0.05) is 48.0 Å². The lowest BCUT2D eigenvalue weighted by Gasteiger charge is -2.48. The van der Waals surface area contributed by atoms with Gasteiger partial charge in [0.15, 0.2) is 0 Å². The molecular formula is C19H34O2. The smallest absolute Gasteiger partial charge is 0.309 e. The third-order valence-corrected chi connectivity index (χ3v) is 7.26. The molecule has 2 bridgehead atoms. The summed E-state index contributed by atoms with van der Waals surface area (Å²) < 4.78 is 6.29. The summed E-state index contributed by atoms with van der Waals surface area (Å²) in [5.41, 5.74) is 0.218. The van der Waals surface area contributed by atoms with Gasteiger partial charge in [-0.05, 0) is 49.9 Å². The van der Waals surface area contributed by atoms with Crippen LogP contribution in [-0.4, -0.2) is 11.6 Å². The predicted molar refractivity (Wildman–Crippen MR) is 87.0 cm³/mol. The molecule has 2 nitrogen and oxygen atoms in total. The summed E-state index contributed by atoms with van der Waals surface area (Å²) in [7, 11) is 0. The molecule has 0 aromatic rings. The second-order valence-corrected chi connectivity index (χ2v) is 8.32. The Balaban J connectivity index is 2.30. The summed E-state index contributed by atoms with van der Waals surface area (Å²) in [5, 5.41) is 0. The molecule has 122 valence electrons. The molecule has 4 unspecified atom stereocenters. The molecule has 2 fully saturated rings. The highest BCUT2D eigenvalue weighted by Crippen LogP contribution is 2.71. The number of unbranched alkanes of at least 4 members (excludes halogenated alkanes) is 1. The van der Waals surface area contributed by atoms with Crippen molar-refractivity contribution in [1.82, 2.24) is 0 Å². The highest BCUT2D eigenvalue weighted by Gasteiger charge is 2.70. The molecule has 2 saturated carbocycles. The maximum absolute atomic E-state index is 12.5. The molecule has 2 heteroatoms. The Bertz CT molecular complexity index is 400. The van der Waals surface area contributed by atoms with Crippen LogP contribution in [-0.2, 0) is 9.53 Å². The zero-order valence-corrected chi connectivity index (χ0v) is 14.9. The van der Waals surface area contributed by atoms with Crippen LogP contribution in [0.5, 0.6) is 0 Å². The van der Waals surface area contributed by atoms with Crippen LogP contribution in [0, 0.1) is 22.7 Å². The van der Waals surface area contributed by atoms with Crippen molar-refractivity contribution in [1.29, 1.82) is 0 Å². The molecule has 0 saturated heterocycles. The van der Waals surface area contributed by atoms with Crippen LogP contribution in [0.25, 0.3) is 0 Å². The molecule has 0 heterocycles. The summed E-state index contributed by atoms with van der Waals surface area (Å²) >= 11 is 0. The number of esters is 1. The van der Waals surface area contributed by atoms with E-state index < -0.39 is 0 Å². The lowest BCUT2D eigenvalue weighted by atomic mass is 9.63. The van der Waals surface area contributed by atoms with E-state index in [2.05, 4.69) is 34.6 Å². The molecule has 0 aromatic carbocycles. The Labute approximate surface area is 131 Å². The summed E-state index contributed by atoms with van der Waals surface area (Å²) in [4.78, 5) is 12.5. The van der Waals surface area contributed by atoms with Crippen molar-refractivity contribution in [2.45, 2.75) is 92.1 Å². The van der Waals surface area contributed by atoms with Crippen molar-refractivity contribution in [2.75, 3.05) is 0 Å². The average Bonchev–Trinajstić information content (AvgIpc) is 2.76. The number of rotatable bonds is 6. The summed E-state index contributed by atoms with van der Waals surface area (Å²) in [6, 6.07) is 0. The minimum atomic E-state index is -0.212. The summed E-state index contributed by atoms with van der Waals surface area (Å²) in [6.45, 7) is 13.5. The fraction of sp³-hybridized carbons (Fsp3) is 0.947. The van der Waals surface area contributed by atoms with Gasteiger partial charge in [-0.3, -0.25) is 4.79 Å². The number of hydrogen-bond acceptors (Lipinski definition) is 2. The van der Waals surface area contributed by atoms with Crippen molar-refractivity contribution < 1.29 is 9.53 Å². The zero-order valence-electron chi connectivity index (χ0n) is 14.9. The van der Waals surface area contributed by atoms with E-state index in [1.54, 1.807) is 0 Å². The van der Waals surface area contributed by atoms with Crippen LogP contribution < -0.4 is 0 Å². The largest absolute Gasteiger partial charge is 0.458 e. The third kappa shape index (κ3) is 2.33. The Kier molecular flexibility index (Phi) is 4.48. The van der Waals surface area contributed by atoms with Gasteiger partial charge in [-0.2, -0.15) is 0 Å². The highest BCUT2D eigenvalue weighted by atomic mass is 16.6. The number of ether oxygens (including phenoxy) is 1. The van der Waals surface area contributed by atoms with Gasteiger partial charge < -0.3 is 4.74 Å². The van der Waals surface area contributed by atoms with Crippen molar-refractivity contribution in [3.8, 4) is 0 Å². The standard InChI is InChI=1S/C19H34O2/c1-7-9-11-19(21-16(20)14(3)8-2)13-15-10-12-18(19,6)17(15,4)5/h14-15H,7-13H2,1-6H3. The maximum atomic E-state index is 12.5. The highest BCUT2D eigenvalue weighted by molar-refractivity contribution is 5.72. The molecule has 21 heavy (non-hydrogen) atoms. The SMILES string of the molecule is CCCCC1(OC(=O)C(C)CC)CC2CCC1(C)C2(C)C. The third-order valence-electron chi connectivity index (χ3n) is 7.26. The second-order valence-electron chi connectivity index (χ2n) is 8.32. The van der Waals surface area contributed by atoms with Gasteiger partial charge in [0.05, 0.1) is 5.92 Å². The Morgan fingerprint density at radius 1 is 1.29 bits per heavy atom. The fourth-order valence-electron chi connectivity index (χ4n) is 4.90. The number of carbonyl (C=O) groups excluding carboxylic acids is 1. The van der Waals surface area contributed by atoms with Crippen LogP contribution in [0.4, 0.5) is 0 Å². The average molecular weight is 294 g/mol. The first kappa shape index (κ1) is 16.8. The van der Waals surface area contributed by atoms with Crippen LogP contribution in [0.15, 0.2) is 0 Å². The van der Waals surface area contributed by atoms with E-state index in [-0.39, 0.29) is 28.3 Å². The monoisotopic (exact) mass is 294 g/mol. The van der Waals surface area contributed by atoms with E-state index in [0.29, 0.717) is 5.92 Å². The molecule has 0 spiro atoms. The first-order valence-electron chi connectivity index (χ1n) is 8.97. The van der Waals surface area contributed by atoms with Gasteiger partial charge in [0.25, 0.3) is 0 Å². The first-order valence-corrected chi connectivity index (χ1v) is 8.97. The van der Waals surface area contributed by atoms with E-state index >= 15 is 0 Å². The molecule has 2 rings (SSSR count). The first-order chi connectivity index (χ1) is 9.74.